The number of phenolic OH excluding ortho intramolecular Hbond substituents is 1. The Hall–Kier alpha value is -1.02. The molecule has 0 spiro atoms. The fourth-order valence-electron chi connectivity index (χ4n) is 2.19. The summed E-state index contributed by atoms with van der Waals surface area (Å²) in [4.78, 5) is 2.22. The number of rotatable bonds is 4. The summed E-state index contributed by atoms with van der Waals surface area (Å²) in [6.07, 6.45) is 1.02. The Morgan fingerprint density at radius 1 is 1.25 bits per heavy atom. The molecule has 0 fully saturated rings. The van der Waals surface area contributed by atoms with Crippen LogP contribution in [0.25, 0.3) is 0 Å². The molecule has 2 nitrogen and oxygen atoms in total. The molecule has 0 saturated heterocycles. The lowest BCUT2D eigenvalue weighted by Crippen LogP contribution is -2.43. The lowest BCUT2D eigenvalue weighted by molar-refractivity contribution is 0.152. The summed E-state index contributed by atoms with van der Waals surface area (Å²) in [7, 11) is 4.17. The molecule has 1 aromatic rings. The third kappa shape index (κ3) is 2.38. The highest BCUT2D eigenvalue weighted by Crippen LogP contribution is 2.38. The van der Waals surface area contributed by atoms with Crippen LogP contribution < -0.4 is 0 Å². The Bertz CT molecular complexity index is 344. The van der Waals surface area contributed by atoms with Gasteiger partial charge in [0.15, 0.2) is 0 Å². The Kier molecular flexibility index (Phi) is 3.98. The van der Waals surface area contributed by atoms with Crippen LogP contribution in [0.1, 0.15) is 38.7 Å². The van der Waals surface area contributed by atoms with Gasteiger partial charge in [0.2, 0.25) is 0 Å². The Labute approximate surface area is 98.9 Å². The van der Waals surface area contributed by atoms with Gasteiger partial charge in [0.25, 0.3) is 0 Å². The molecule has 0 bridgehead atoms. The van der Waals surface area contributed by atoms with Gasteiger partial charge in [-0.1, -0.05) is 25.1 Å². The first-order chi connectivity index (χ1) is 7.41. The van der Waals surface area contributed by atoms with Crippen molar-refractivity contribution in [1.82, 2.24) is 4.90 Å². The molecule has 0 unspecified atom stereocenters. The lowest BCUT2D eigenvalue weighted by atomic mass is 9.79. The molecule has 0 aliphatic rings. The van der Waals surface area contributed by atoms with Gasteiger partial charge in [0.05, 0.1) is 0 Å². The van der Waals surface area contributed by atoms with Gasteiger partial charge in [-0.15, -0.1) is 0 Å². The largest absolute Gasteiger partial charge is 0.508 e. The average Bonchev–Trinajstić information content (AvgIpc) is 2.21. The molecule has 1 atom stereocenters. The zero-order valence-electron chi connectivity index (χ0n) is 11.0. The summed E-state index contributed by atoms with van der Waals surface area (Å²) in [5.41, 5.74) is 1.08. The van der Waals surface area contributed by atoms with Crippen LogP contribution in [-0.4, -0.2) is 29.6 Å². The number of likely N-dealkylation sites (N-methyl/N-ethyl adjacent to an activating group) is 1. The summed E-state index contributed by atoms with van der Waals surface area (Å²) < 4.78 is 0. The zero-order chi connectivity index (χ0) is 12.3. The molecule has 1 N–H and O–H groups in total. The van der Waals surface area contributed by atoms with Crippen LogP contribution >= 0.6 is 0 Å². The molecule has 2 heteroatoms. The third-order valence-electron chi connectivity index (χ3n) is 3.73. The molecule has 0 heterocycles. The number of para-hydroxylation sites is 1. The maximum Gasteiger partial charge on any atom is 0.119 e. The minimum absolute atomic E-state index is 0.0353. The number of nitrogens with zero attached hydrogens (tertiary/aromatic N) is 1. The van der Waals surface area contributed by atoms with E-state index in [0.29, 0.717) is 11.7 Å². The Morgan fingerprint density at radius 3 is 2.25 bits per heavy atom. The number of hydrogen-bond acceptors (Lipinski definition) is 2. The number of benzene rings is 1. The minimum atomic E-state index is 0.0353. The number of phenols is 1. The van der Waals surface area contributed by atoms with Gasteiger partial charge in [-0.2, -0.15) is 0 Å². The van der Waals surface area contributed by atoms with Gasteiger partial charge in [-0.3, -0.25) is 0 Å². The summed E-state index contributed by atoms with van der Waals surface area (Å²) in [6, 6.07) is 7.65. The normalized spacial score (nSPS) is 14.1. The first kappa shape index (κ1) is 13.0. The molecule has 90 valence electrons. The summed E-state index contributed by atoms with van der Waals surface area (Å²) in [5.74, 6) is 0.743. The van der Waals surface area contributed by atoms with Crippen molar-refractivity contribution >= 4 is 0 Å². The van der Waals surface area contributed by atoms with Gasteiger partial charge < -0.3 is 10.0 Å². The second-order valence-corrected chi connectivity index (χ2v) is 5.07. The van der Waals surface area contributed by atoms with E-state index >= 15 is 0 Å². The highest BCUT2D eigenvalue weighted by atomic mass is 16.3. The van der Waals surface area contributed by atoms with E-state index in [1.165, 1.54) is 0 Å². The van der Waals surface area contributed by atoms with E-state index in [1.807, 2.05) is 18.2 Å². The fourth-order valence-corrected chi connectivity index (χ4v) is 2.19. The van der Waals surface area contributed by atoms with E-state index in [2.05, 4.69) is 39.8 Å². The second kappa shape index (κ2) is 4.88. The van der Waals surface area contributed by atoms with Crippen molar-refractivity contribution in [1.29, 1.82) is 0 Å². The summed E-state index contributed by atoms with van der Waals surface area (Å²) in [5, 5.41) is 9.94. The molecule has 0 aliphatic heterocycles. The molecule has 0 aromatic heterocycles. The molecule has 16 heavy (non-hydrogen) atoms. The fraction of sp³-hybridized carbons (Fsp3) is 0.571. The monoisotopic (exact) mass is 221 g/mol. The maximum atomic E-state index is 9.94. The number of hydrogen-bond donors (Lipinski definition) is 1. The smallest absolute Gasteiger partial charge is 0.119 e. The molecule has 0 amide bonds. The van der Waals surface area contributed by atoms with E-state index in [-0.39, 0.29) is 5.54 Å². The van der Waals surface area contributed by atoms with Crippen molar-refractivity contribution in [2.45, 2.75) is 38.6 Å². The van der Waals surface area contributed by atoms with Gasteiger partial charge in [0, 0.05) is 11.5 Å². The molecule has 0 radical (unpaired) electrons. The molecule has 1 aromatic carbocycles. The highest BCUT2D eigenvalue weighted by Gasteiger charge is 2.32. The molecule has 1 rings (SSSR count). The Morgan fingerprint density at radius 2 is 1.81 bits per heavy atom. The predicted octanol–water partition coefficient (Wildman–Crippen LogP) is 3.23. The number of aromatic hydroxyl groups is 1. The van der Waals surface area contributed by atoms with Gasteiger partial charge >= 0.3 is 0 Å². The topological polar surface area (TPSA) is 23.5 Å². The van der Waals surface area contributed by atoms with Crippen LogP contribution in [0, 0.1) is 0 Å². The predicted molar refractivity (Wildman–Crippen MR) is 68.9 cm³/mol. The van der Waals surface area contributed by atoms with Crippen LogP contribution in [0.2, 0.25) is 0 Å². The molecular formula is C14H23NO. The molecule has 0 saturated carbocycles. The van der Waals surface area contributed by atoms with Crippen LogP contribution in [0.4, 0.5) is 0 Å². The van der Waals surface area contributed by atoms with Crippen molar-refractivity contribution in [3.8, 4) is 5.75 Å². The van der Waals surface area contributed by atoms with Crippen LogP contribution in [0.3, 0.4) is 0 Å². The van der Waals surface area contributed by atoms with E-state index in [4.69, 9.17) is 0 Å². The summed E-state index contributed by atoms with van der Waals surface area (Å²) >= 11 is 0. The van der Waals surface area contributed by atoms with Gasteiger partial charge in [-0.25, -0.2) is 0 Å². The van der Waals surface area contributed by atoms with E-state index in [1.54, 1.807) is 6.07 Å². The highest BCUT2D eigenvalue weighted by molar-refractivity contribution is 5.36. The first-order valence-electron chi connectivity index (χ1n) is 5.86. The van der Waals surface area contributed by atoms with Gasteiger partial charge in [0.1, 0.15) is 5.75 Å². The van der Waals surface area contributed by atoms with Crippen LogP contribution in [0.15, 0.2) is 24.3 Å². The van der Waals surface area contributed by atoms with Crippen molar-refractivity contribution in [3.05, 3.63) is 29.8 Å². The standard InChI is InChI=1S/C14H23NO/c1-6-12(14(2,3)15(4)5)11-9-7-8-10-13(11)16/h7-10,12,16H,6H2,1-5H3/t12-/m1/s1. The van der Waals surface area contributed by atoms with Crippen molar-refractivity contribution in [2.24, 2.45) is 0 Å². The van der Waals surface area contributed by atoms with Crippen molar-refractivity contribution in [3.63, 3.8) is 0 Å². The SMILES string of the molecule is CC[C@H](c1ccccc1O)C(C)(C)N(C)C. The lowest BCUT2D eigenvalue weighted by Gasteiger charge is -2.40. The quantitative estimate of drug-likeness (QED) is 0.843. The summed E-state index contributed by atoms with van der Waals surface area (Å²) in [6.45, 7) is 6.60. The van der Waals surface area contributed by atoms with Gasteiger partial charge in [-0.05, 0) is 46.0 Å². The first-order valence-corrected chi connectivity index (χ1v) is 5.86. The van der Waals surface area contributed by atoms with E-state index < -0.39 is 0 Å². The van der Waals surface area contributed by atoms with Crippen LogP contribution in [0.5, 0.6) is 5.75 Å². The molecular weight excluding hydrogens is 198 g/mol. The van der Waals surface area contributed by atoms with Crippen molar-refractivity contribution in [2.75, 3.05) is 14.1 Å². The molecule has 0 aliphatic carbocycles. The minimum Gasteiger partial charge on any atom is -0.508 e. The van der Waals surface area contributed by atoms with Crippen molar-refractivity contribution < 1.29 is 5.11 Å². The maximum absolute atomic E-state index is 9.94. The average molecular weight is 221 g/mol. The Balaban J connectivity index is 3.13. The zero-order valence-corrected chi connectivity index (χ0v) is 11.0. The van der Waals surface area contributed by atoms with E-state index in [0.717, 1.165) is 12.0 Å². The van der Waals surface area contributed by atoms with Crippen LogP contribution in [-0.2, 0) is 0 Å². The van der Waals surface area contributed by atoms with E-state index in [9.17, 15) is 5.11 Å². The third-order valence-corrected chi connectivity index (χ3v) is 3.73. The second-order valence-electron chi connectivity index (χ2n) is 5.07.